The Balaban J connectivity index is 4.44. The summed E-state index contributed by atoms with van der Waals surface area (Å²) in [6.45, 7) is 8.05. The molecule has 0 rings (SSSR count). The third-order valence-corrected chi connectivity index (χ3v) is 5.29. The molecule has 5 heteroatoms. The summed E-state index contributed by atoms with van der Waals surface area (Å²) in [7, 11) is -1.46. The molecule has 0 amide bonds. The first-order valence-corrected chi connectivity index (χ1v) is 7.85. The SMILES string of the molecule is CC(CBr)N(C)S(=O)(=O)CCC(C)(C)C. The molecule has 15 heavy (non-hydrogen) atoms. The lowest BCUT2D eigenvalue weighted by molar-refractivity contribution is 0.379. The second-order valence-electron chi connectivity index (χ2n) is 5.15. The monoisotopic (exact) mass is 299 g/mol. The zero-order chi connectivity index (χ0) is 12.3. The summed E-state index contributed by atoms with van der Waals surface area (Å²) >= 11 is 3.29. The molecule has 0 aromatic rings. The average molecular weight is 300 g/mol. The van der Waals surface area contributed by atoms with Gasteiger partial charge in [0.1, 0.15) is 0 Å². The predicted octanol–water partition coefficient (Wildman–Crippen LogP) is 2.47. The van der Waals surface area contributed by atoms with Crippen LogP contribution in [0.1, 0.15) is 34.1 Å². The maximum absolute atomic E-state index is 11.9. The van der Waals surface area contributed by atoms with Crippen LogP contribution < -0.4 is 0 Å². The number of alkyl halides is 1. The van der Waals surface area contributed by atoms with E-state index < -0.39 is 10.0 Å². The topological polar surface area (TPSA) is 37.4 Å². The molecule has 0 fully saturated rings. The molecule has 0 spiro atoms. The zero-order valence-electron chi connectivity index (χ0n) is 10.2. The van der Waals surface area contributed by atoms with Crippen molar-refractivity contribution in [2.45, 2.75) is 40.2 Å². The van der Waals surface area contributed by atoms with E-state index in [1.54, 1.807) is 7.05 Å². The molecule has 1 atom stereocenters. The molecule has 0 N–H and O–H groups in total. The van der Waals surface area contributed by atoms with Crippen LogP contribution in [0.25, 0.3) is 0 Å². The van der Waals surface area contributed by atoms with E-state index >= 15 is 0 Å². The largest absolute Gasteiger partial charge is 0.214 e. The van der Waals surface area contributed by atoms with Crippen molar-refractivity contribution >= 4 is 26.0 Å². The van der Waals surface area contributed by atoms with Gasteiger partial charge in [-0.2, -0.15) is 0 Å². The van der Waals surface area contributed by atoms with Crippen molar-refractivity contribution in [1.29, 1.82) is 0 Å². The van der Waals surface area contributed by atoms with E-state index in [9.17, 15) is 8.42 Å². The van der Waals surface area contributed by atoms with Gasteiger partial charge in [0.2, 0.25) is 10.0 Å². The summed E-state index contributed by atoms with van der Waals surface area (Å²) in [4.78, 5) is 0. The molecule has 0 saturated heterocycles. The van der Waals surface area contributed by atoms with Crippen molar-refractivity contribution in [2.75, 3.05) is 18.1 Å². The van der Waals surface area contributed by atoms with Crippen molar-refractivity contribution in [3.05, 3.63) is 0 Å². The van der Waals surface area contributed by atoms with Gasteiger partial charge in [-0.3, -0.25) is 0 Å². The molecule has 0 radical (unpaired) electrons. The van der Waals surface area contributed by atoms with Crippen LogP contribution in [0.5, 0.6) is 0 Å². The lowest BCUT2D eigenvalue weighted by atomic mass is 9.94. The molecule has 0 saturated carbocycles. The molecule has 0 bridgehead atoms. The molecule has 0 heterocycles. The van der Waals surface area contributed by atoms with E-state index in [2.05, 4.69) is 36.7 Å². The Hall–Kier alpha value is 0.390. The fraction of sp³-hybridized carbons (Fsp3) is 1.00. The van der Waals surface area contributed by atoms with E-state index in [0.29, 0.717) is 11.8 Å². The van der Waals surface area contributed by atoms with Gasteiger partial charge >= 0.3 is 0 Å². The molecule has 0 aliphatic heterocycles. The molecule has 0 aromatic heterocycles. The van der Waals surface area contributed by atoms with Crippen molar-refractivity contribution in [3.63, 3.8) is 0 Å². The fourth-order valence-electron chi connectivity index (χ4n) is 0.950. The first-order chi connectivity index (χ1) is 6.60. The number of rotatable bonds is 5. The molecule has 0 aliphatic rings. The van der Waals surface area contributed by atoms with Crippen LogP contribution in [0.3, 0.4) is 0 Å². The molecular formula is C10H22BrNO2S. The van der Waals surface area contributed by atoms with E-state index in [4.69, 9.17) is 0 Å². The minimum atomic E-state index is -3.10. The van der Waals surface area contributed by atoms with Crippen LogP contribution in [-0.4, -0.2) is 36.9 Å². The van der Waals surface area contributed by atoms with Gasteiger partial charge < -0.3 is 0 Å². The van der Waals surface area contributed by atoms with Crippen LogP contribution in [0, 0.1) is 5.41 Å². The highest BCUT2D eigenvalue weighted by Gasteiger charge is 2.24. The first-order valence-electron chi connectivity index (χ1n) is 5.12. The van der Waals surface area contributed by atoms with E-state index in [-0.39, 0.29) is 17.2 Å². The van der Waals surface area contributed by atoms with Crippen LogP contribution in [0.15, 0.2) is 0 Å². The van der Waals surface area contributed by atoms with Gasteiger partial charge in [0.25, 0.3) is 0 Å². The number of halogens is 1. The zero-order valence-corrected chi connectivity index (χ0v) is 12.7. The Morgan fingerprint density at radius 1 is 1.33 bits per heavy atom. The molecular weight excluding hydrogens is 278 g/mol. The number of hydrogen-bond acceptors (Lipinski definition) is 2. The summed E-state index contributed by atoms with van der Waals surface area (Å²) < 4.78 is 25.2. The summed E-state index contributed by atoms with van der Waals surface area (Å²) in [5.74, 6) is 0.227. The highest BCUT2D eigenvalue weighted by Crippen LogP contribution is 2.20. The van der Waals surface area contributed by atoms with Gasteiger partial charge in [0.05, 0.1) is 5.75 Å². The first kappa shape index (κ1) is 15.4. The Kier molecular flexibility index (Phi) is 5.79. The van der Waals surface area contributed by atoms with Gasteiger partial charge in [-0.25, -0.2) is 12.7 Å². The van der Waals surface area contributed by atoms with Crippen LogP contribution in [0.2, 0.25) is 0 Å². The van der Waals surface area contributed by atoms with Gasteiger partial charge in [-0.1, -0.05) is 36.7 Å². The Labute approximate surface area is 102 Å². The Bertz CT molecular complexity index is 282. The van der Waals surface area contributed by atoms with E-state index in [0.717, 1.165) is 0 Å². The Morgan fingerprint density at radius 2 is 1.80 bits per heavy atom. The van der Waals surface area contributed by atoms with Crippen molar-refractivity contribution in [1.82, 2.24) is 4.31 Å². The summed E-state index contributed by atoms with van der Waals surface area (Å²) in [6.07, 6.45) is 0.689. The second kappa shape index (κ2) is 5.64. The van der Waals surface area contributed by atoms with Gasteiger partial charge in [-0.05, 0) is 18.8 Å². The van der Waals surface area contributed by atoms with Crippen molar-refractivity contribution in [2.24, 2.45) is 5.41 Å². The quantitative estimate of drug-likeness (QED) is 0.731. The smallest absolute Gasteiger partial charge is 0.212 e. The minimum absolute atomic E-state index is 0.00923. The number of nitrogens with zero attached hydrogens (tertiary/aromatic N) is 1. The fourth-order valence-corrected chi connectivity index (χ4v) is 3.36. The minimum Gasteiger partial charge on any atom is -0.212 e. The third kappa shape index (κ3) is 5.88. The molecule has 0 aliphatic carbocycles. The standard InChI is InChI=1S/C10H22BrNO2S/c1-9(8-11)12(5)15(13,14)7-6-10(2,3)4/h9H,6-8H2,1-5H3. The third-order valence-electron chi connectivity index (χ3n) is 2.39. The van der Waals surface area contributed by atoms with Crippen LogP contribution in [0.4, 0.5) is 0 Å². The van der Waals surface area contributed by atoms with Crippen molar-refractivity contribution in [3.8, 4) is 0 Å². The summed E-state index contributed by atoms with van der Waals surface area (Å²) in [5, 5.41) is 0.665. The average Bonchev–Trinajstić information content (AvgIpc) is 2.11. The second-order valence-corrected chi connectivity index (χ2v) is 7.94. The summed E-state index contributed by atoms with van der Waals surface area (Å²) in [5.41, 5.74) is 0.0611. The highest BCUT2D eigenvalue weighted by molar-refractivity contribution is 9.09. The lowest BCUT2D eigenvalue weighted by Crippen LogP contribution is -2.38. The van der Waals surface area contributed by atoms with Crippen molar-refractivity contribution < 1.29 is 8.42 Å². The Morgan fingerprint density at radius 3 is 2.13 bits per heavy atom. The van der Waals surface area contributed by atoms with Crippen LogP contribution >= 0.6 is 15.9 Å². The van der Waals surface area contributed by atoms with Gasteiger partial charge in [0, 0.05) is 18.4 Å². The van der Waals surface area contributed by atoms with E-state index in [1.165, 1.54) is 4.31 Å². The predicted molar refractivity (Wildman–Crippen MR) is 68.9 cm³/mol. The normalized spacial score (nSPS) is 15.7. The van der Waals surface area contributed by atoms with Crippen LogP contribution in [-0.2, 0) is 10.0 Å². The lowest BCUT2D eigenvalue weighted by Gasteiger charge is -2.25. The number of sulfonamides is 1. The molecule has 3 nitrogen and oxygen atoms in total. The highest BCUT2D eigenvalue weighted by atomic mass is 79.9. The molecule has 92 valence electrons. The van der Waals surface area contributed by atoms with E-state index in [1.807, 2.05) is 6.92 Å². The summed E-state index contributed by atoms with van der Waals surface area (Å²) in [6, 6.07) is 0.00923. The molecule has 1 unspecified atom stereocenters. The molecule has 0 aromatic carbocycles. The van der Waals surface area contributed by atoms with Gasteiger partial charge in [-0.15, -0.1) is 0 Å². The van der Waals surface area contributed by atoms with Gasteiger partial charge in [0.15, 0.2) is 0 Å². The maximum atomic E-state index is 11.9. The maximum Gasteiger partial charge on any atom is 0.214 e. The number of hydrogen-bond donors (Lipinski definition) is 0.